The van der Waals surface area contributed by atoms with Gasteiger partial charge >= 0.3 is 0 Å². The van der Waals surface area contributed by atoms with E-state index >= 15 is 0 Å². The maximum absolute atomic E-state index is 14.6. The number of oxime groups is 1. The van der Waals surface area contributed by atoms with Gasteiger partial charge in [0.2, 0.25) is 29.3 Å². The molecule has 3 amide bonds. The Balaban J connectivity index is 1.23. The molecule has 1 spiro atoms. The van der Waals surface area contributed by atoms with Gasteiger partial charge in [0.1, 0.15) is 12.1 Å². The Morgan fingerprint density at radius 3 is 2.47 bits per heavy atom. The number of ketones is 2. The van der Waals surface area contributed by atoms with Crippen molar-refractivity contribution in [2.75, 3.05) is 6.54 Å². The fourth-order valence-corrected chi connectivity index (χ4v) is 8.75. The molecular weight excluding hydrogens is 644 g/mol. The summed E-state index contributed by atoms with van der Waals surface area (Å²) >= 11 is 6.26. The minimum atomic E-state index is -1.00. The van der Waals surface area contributed by atoms with Gasteiger partial charge in [-0.1, -0.05) is 69.4 Å². The van der Waals surface area contributed by atoms with Crippen LogP contribution in [0.3, 0.4) is 0 Å². The number of carbonyl (C=O) groups is 5. The fraction of sp³-hybridized carbons (Fsp3) is 0.684. The number of Topliss-reactive ketones (excluding diaryl/α,β-unsaturated/α-hetero) is 2. The number of nitrogens with one attached hydrogen (secondary N) is 2. The van der Waals surface area contributed by atoms with Gasteiger partial charge in [-0.05, 0) is 79.7 Å². The van der Waals surface area contributed by atoms with Crippen LogP contribution in [0.15, 0.2) is 29.4 Å². The van der Waals surface area contributed by atoms with Crippen LogP contribution in [-0.2, 0) is 28.8 Å². The molecule has 0 aromatic heterocycles. The minimum Gasteiger partial charge on any atom is -0.387 e. The maximum atomic E-state index is 14.6. The van der Waals surface area contributed by atoms with Gasteiger partial charge < -0.3 is 20.4 Å². The Kier molecular flexibility index (Phi) is 10.3. The van der Waals surface area contributed by atoms with Crippen LogP contribution < -0.4 is 10.6 Å². The monoisotopic (exact) mass is 694 g/mol. The van der Waals surface area contributed by atoms with E-state index in [0.717, 1.165) is 24.8 Å². The van der Waals surface area contributed by atoms with E-state index in [4.69, 9.17) is 16.4 Å². The zero-order valence-corrected chi connectivity index (χ0v) is 30.0. The van der Waals surface area contributed by atoms with Crippen molar-refractivity contribution in [1.82, 2.24) is 15.5 Å². The summed E-state index contributed by atoms with van der Waals surface area (Å²) in [5, 5.41) is 10.9. The number of rotatable bonds is 13. The zero-order chi connectivity index (χ0) is 35.1. The van der Waals surface area contributed by atoms with Crippen molar-refractivity contribution in [1.29, 1.82) is 0 Å². The average Bonchev–Trinajstić information content (AvgIpc) is 3.39. The lowest BCUT2D eigenvalue weighted by molar-refractivity contribution is -0.145. The van der Waals surface area contributed by atoms with Gasteiger partial charge in [-0.15, -0.1) is 0 Å². The first-order chi connectivity index (χ1) is 23.2. The van der Waals surface area contributed by atoms with Gasteiger partial charge in [-0.3, -0.25) is 24.0 Å². The maximum Gasteiger partial charge on any atom is 0.246 e. The first-order valence-corrected chi connectivity index (χ1v) is 18.6. The predicted octanol–water partition coefficient (Wildman–Crippen LogP) is 5.38. The van der Waals surface area contributed by atoms with E-state index in [2.05, 4.69) is 15.8 Å². The topological polar surface area (TPSA) is 134 Å². The molecule has 10 nitrogen and oxygen atoms in total. The molecule has 11 heteroatoms. The van der Waals surface area contributed by atoms with Crippen LogP contribution in [-0.4, -0.2) is 70.2 Å². The normalized spacial score (nSPS) is 28.6. The van der Waals surface area contributed by atoms with E-state index in [0.29, 0.717) is 54.2 Å². The largest absolute Gasteiger partial charge is 0.387 e. The molecule has 3 aliphatic carbocycles. The van der Waals surface area contributed by atoms with Crippen LogP contribution in [0, 0.1) is 29.1 Å². The van der Waals surface area contributed by atoms with E-state index in [1.807, 2.05) is 39.8 Å². The summed E-state index contributed by atoms with van der Waals surface area (Å²) in [7, 11) is 0. The molecule has 1 aromatic rings. The molecule has 49 heavy (non-hydrogen) atoms. The second-order valence-corrected chi connectivity index (χ2v) is 16.9. The Morgan fingerprint density at radius 2 is 1.84 bits per heavy atom. The minimum absolute atomic E-state index is 0.0688. The number of benzene rings is 1. The van der Waals surface area contributed by atoms with Crippen molar-refractivity contribution in [3.63, 3.8) is 0 Å². The summed E-state index contributed by atoms with van der Waals surface area (Å²) in [5.74, 6) is -0.210. The van der Waals surface area contributed by atoms with Gasteiger partial charge in [-0.2, -0.15) is 0 Å². The summed E-state index contributed by atoms with van der Waals surface area (Å²) in [6, 6.07) is 4.41. The summed E-state index contributed by atoms with van der Waals surface area (Å²) in [6.07, 6.45) is 8.54. The Labute approximate surface area is 294 Å². The Morgan fingerprint density at radius 1 is 1.06 bits per heavy atom. The molecule has 4 fully saturated rings. The van der Waals surface area contributed by atoms with Crippen LogP contribution >= 0.6 is 11.6 Å². The third kappa shape index (κ3) is 8.05. The van der Waals surface area contributed by atoms with Gasteiger partial charge in [-0.25, -0.2) is 0 Å². The van der Waals surface area contributed by atoms with E-state index in [-0.39, 0.29) is 37.1 Å². The first-order valence-electron chi connectivity index (χ1n) is 18.2. The smallest absolute Gasteiger partial charge is 0.246 e. The fourth-order valence-electron chi connectivity index (χ4n) is 8.56. The van der Waals surface area contributed by atoms with Crippen LogP contribution in [0.1, 0.15) is 110 Å². The standard InChI is InChI=1S/C38H51ClN4O6/c1-5-7-28(33(46)31(44)16-22-10-11-22)40-35(47)30-20-38(19-29(42-49-38)25-8-6-9-27(39)17-25)21-43(30)36(48)34(37(2,3)4)41-32(45)18-26-15-23-12-13-24(26)14-23/h6,8-9,17,22-24,26,28,30,34H,5,7,10-16,18-21H2,1-4H3,(H,40,47)(H,41,45)/t23?,24?,26-,28+,30?,34?,38-/m1/s1. The van der Waals surface area contributed by atoms with Crippen LogP contribution in [0.25, 0.3) is 0 Å². The number of hydrogen-bond acceptors (Lipinski definition) is 7. The van der Waals surface area contributed by atoms with Crippen molar-refractivity contribution in [3.8, 4) is 0 Å². The summed E-state index contributed by atoms with van der Waals surface area (Å²) in [6.45, 7) is 7.68. The quantitative estimate of drug-likeness (QED) is 0.266. The summed E-state index contributed by atoms with van der Waals surface area (Å²) in [4.78, 5) is 75.9. The van der Waals surface area contributed by atoms with Crippen LogP contribution in [0.5, 0.6) is 0 Å². The van der Waals surface area contributed by atoms with Crippen LogP contribution in [0.2, 0.25) is 5.02 Å². The second-order valence-electron chi connectivity index (χ2n) is 16.5. The van der Waals surface area contributed by atoms with Crippen LogP contribution in [0.4, 0.5) is 0 Å². The van der Waals surface area contributed by atoms with E-state index in [1.54, 1.807) is 12.1 Å². The predicted molar refractivity (Wildman–Crippen MR) is 186 cm³/mol. The Bertz CT molecular complexity index is 1520. The van der Waals surface area contributed by atoms with Gasteiger partial charge in [0.05, 0.1) is 18.3 Å². The number of hydrogen-bond donors (Lipinski definition) is 2. The van der Waals surface area contributed by atoms with Crippen molar-refractivity contribution in [3.05, 3.63) is 34.9 Å². The molecule has 5 aliphatic rings. The lowest BCUT2D eigenvalue weighted by Gasteiger charge is -2.36. The molecular formula is C38H51ClN4O6. The average molecular weight is 695 g/mol. The van der Waals surface area contributed by atoms with E-state index in [9.17, 15) is 24.0 Å². The third-order valence-electron chi connectivity index (χ3n) is 11.4. The van der Waals surface area contributed by atoms with Crippen molar-refractivity contribution in [2.24, 2.45) is 34.2 Å². The molecule has 6 rings (SSSR count). The molecule has 2 N–H and O–H groups in total. The summed E-state index contributed by atoms with van der Waals surface area (Å²) in [5.41, 5.74) is -0.199. The number of nitrogens with zero attached hydrogens (tertiary/aromatic N) is 2. The second kappa shape index (κ2) is 14.2. The van der Waals surface area contributed by atoms with Crippen molar-refractivity contribution in [2.45, 2.75) is 128 Å². The highest BCUT2D eigenvalue weighted by molar-refractivity contribution is 6.39. The highest BCUT2D eigenvalue weighted by atomic mass is 35.5. The molecule has 2 bridgehead atoms. The van der Waals surface area contributed by atoms with E-state index in [1.165, 1.54) is 24.2 Å². The first kappa shape index (κ1) is 35.6. The molecule has 4 unspecified atom stereocenters. The third-order valence-corrected chi connectivity index (χ3v) is 11.6. The molecule has 1 saturated heterocycles. The highest BCUT2D eigenvalue weighted by Gasteiger charge is 2.56. The lowest BCUT2D eigenvalue weighted by atomic mass is 9.84. The summed E-state index contributed by atoms with van der Waals surface area (Å²) < 4.78 is 0. The zero-order valence-electron chi connectivity index (χ0n) is 29.3. The van der Waals surface area contributed by atoms with Gasteiger partial charge in [0, 0.05) is 36.3 Å². The molecule has 2 aliphatic heterocycles. The molecule has 266 valence electrons. The molecule has 7 atom stereocenters. The lowest BCUT2D eigenvalue weighted by Crippen LogP contribution is -2.59. The number of fused-ring (bicyclic) bond motifs is 2. The SMILES string of the molecule is CCC[C@H](NC(=O)C1C[C@]2(CC(c3cccc(Cl)c3)=NO2)CN1C(=O)C(NC(=O)C[C@H]1CC2CCC1C2)C(C)(C)C)C(=O)C(=O)CC1CC1. The van der Waals surface area contributed by atoms with Crippen molar-refractivity contribution < 1.29 is 28.8 Å². The molecule has 3 saturated carbocycles. The van der Waals surface area contributed by atoms with Crippen molar-refractivity contribution >= 4 is 46.6 Å². The van der Waals surface area contributed by atoms with Gasteiger partial charge in [0.15, 0.2) is 5.60 Å². The molecule has 2 heterocycles. The number of likely N-dealkylation sites (tertiary alicyclic amines) is 1. The number of halogens is 1. The highest BCUT2D eigenvalue weighted by Crippen LogP contribution is 2.49. The number of amides is 3. The number of carbonyl (C=O) groups excluding carboxylic acids is 5. The Hall–Kier alpha value is -3.27. The van der Waals surface area contributed by atoms with Gasteiger partial charge in [0.25, 0.3) is 0 Å². The van der Waals surface area contributed by atoms with E-state index < -0.39 is 46.6 Å². The molecule has 0 radical (unpaired) electrons. The molecule has 1 aromatic carbocycles.